The van der Waals surface area contributed by atoms with Crippen LogP contribution in [0.4, 0.5) is 5.69 Å². The number of non-ortho nitro benzene ring substituents is 1. The molecule has 1 rings (SSSR count). The zero-order valence-electron chi connectivity index (χ0n) is 11.3. The average molecular weight is 302 g/mol. The summed E-state index contributed by atoms with van der Waals surface area (Å²) >= 11 is 0. The first-order chi connectivity index (χ1) is 9.25. The number of aliphatic hydroxyl groups excluding tert-OH is 1. The molecule has 0 aliphatic heterocycles. The Hall–Kier alpha value is -1.51. The quantitative estimate of drug-likeness (QED) is 0.577. The van der Waals surface area contributed by atoms with E-state index in [1.807, 2.05) is 0 Å². The topological polar surface area (TPSA) is 110 Å². The first kappa shape index (κ1) is 16.5. The second-order valence-corrected chi connectivity index (χ2v) is 6.50. The maximum atomic E-state index is 11.9. The second kappa shape index (κ2) is 6.78. The van der Waals surface area contributed by atoms with Gasteiger partial charge in [0.25, 0.3) is 5.69 Å². The number of sulfonamides is 1. The van der Waals surface area contributed by atoms with E-state index in [0.29, 0.717) is 5.56 Å². The van der Waals surface area contributed by atoms with Crippen molar-refractivity contribution >= 4 is 15.7 Å². The van der Waals surface area contributed by atoms with E-state index in [-0.39, 0.29) is 30.0 Å². The highest BCUT2D eigenvalue weighted by molar-refractivity contribution is 7.88. The lowest BCUT2D eigenvalue weighted by Crippen LogP contribution is -2.38. The first-order valence-electron chi connectivity index (χ1n) is 6.09. The van der Waals surface area contributed by atoms with Crippen LogP contribution >= 0.6 is 0 Å². The lowest BCUT2D eigenvalue weighted by Gasteiger charge is -2.19. The van der Waals surface area contributed by atoms with Crippen molar-refractivity contribution < 1.29 is 18.4 Å². The minimum atomic E-state index is -3.55. The summed E-state index contributed by atoms with van der Waals surface area (Å²) in [5.41, 5.74) is 0.383. The van der Waals surface area contributed by atoms with Crippen molar-refractivity contribution in [2.75, 3.05) is 6.61 Å². The number of nitro groups is 1. The fourth-order valence-corrected chi connectivity index (χ4v) is 3.05. The van der Waals surface area contributed by atoms with E-state index in [4.69, 9.17) is 5.11 Å². The van der Waals surface area contributed by atoms with E-state index in [9.17, 15) is 18.5 Å². The normalized spacial score (nSPS) is 14.8. The summed E-state index contributed by atoms with van der Waals surface area (Å²) in [7, 11) is -3.55. The Morgan fingerprint density at radius 3 is 2.30 bits per heavy atom. The molecule has 0 aliphatic rings. The molecular formula is C12H18N2O5S. The Bertz CT molecular complexity index is 556. The fourth-order valence-electron chi connectivity index (χ4n) is 1.53. The smallest absolute Gasteiger partial charge is 0.269 e. The molecule has 0 radical (unpaired) electrons. The molecule has 0 saturated heterocycles. The molecule has 0 amide bonds. The molecule has 2 N–H and O–H groups in total. The number of aliphatic hydroxyl groups is 1. The minimum Gasteiger partial charge on any atom is -0.396 e. The van der Waals surface area contributed by atoms with Crippen LogP contribution in [0.25, 0.3) is 0 Å². The van der Waals surface area contributed by atoms with Crippen LogP contribution in [0.1, 0.15) is 19.4 Å². The molecule has 0 aliphatic carbocycles. The minimum absolute atomic E-state index is 0.0821. The monoisotopic (exact) mass is 302 g/mol. The van der Waals surface area contributed by atoms with Crippen molar-refractivity contribution in [1.82, 2.24) is 4.72 Å². The zero-order chi connectivity index (χ0) is 15.3. The lowest BCUT2D eigenvalue weighted by atomic mass is 10.1. The Morgan fingerprint density at radius 1 is 1.30 bits per heavy atom. The first-order valence-corrected chi connectivity index (χ1v) is 7.74. The van der Waals surface area contributed by atoms with Crippen LogP contribution in [0.2, 0.25) is 0 Å². The molecule has 2 atom stereocenters. The number of rotatable bonds is 7. The zero-order valence-corrected chi connectivity index (χ0v) is 12.1. The predicted octanol–water partition coefficient (Wildman–Crippen LogP) is 1.03. The number of nitrogens with zero attached hydrogens (tertiary/aromatic N) is 1. The highest BCUT2D eigenvalue weighted by atomic mass is 32.2. The molecule has 0 fully saturated rings. The lowest BCUT2D eigenvalue weighted by molar-refractivity contribution is -0.384. The molecule has 20 heavy (non-hydrogen) atoms. The summed E-state index contributed by atoms with van der Waals surface area (Å²) in [6.07, 6.45) is 0. The maximum Gasteiger partial charge on any atom is 0.269 e. The molecule has 1 aromatic carbocycles. The summed E-state index contributed by atoms with van der Waals surface area (Å²) in [5, 5.41) is 19.5. The van der Waals surface area contributed by atoms with Gasteiger partial charge in [0.2, 0.25) is 10.0 Å². The van der Waals surface area contributed by atoms with E-state index >= 15 is 0 Å². The van der Waals surface area contributed by atoms with Gasteiger partial charge in [0.05, 0.1) is 10.7 Å². The molecule has 0 bridgehead atoms. The SMILES string of the molecule is CC(CO)C(C)NS(=O)(=O)Cc1ccc([N+](=O)[O-])cc1. The molecule has 8 heteroatoms. The van der Waals surface area contributed by atoms with Crippen LogP contribution in [0, 0.1) is 16.0 Å². The number of benzene rings is 1. The predicted molar refractivity (Wildman–Crippen MR) is 74.6 cm³/mol. The van der Waals surface area contributed by atoms with Gasteiger partial charge in [-0.05, 0) is 18.4 Å². The summed E-state index contributed by atoms with van der Waals surface area (Å²) in [5.74, 6) is -0.449. The van der Waals surface area contributed by atoms with Gasteiger partial charge in [-0.2, -0.15) is 0 Å². The van der Waals surface area contributed by atoms with Crippen LogP contribution in [-0.2, 0) is 15.8 Å². The summed E-state index contributed by atoms with van der Waals surface area (Å²) < 4.78 is 26.3. The van der Waals surface area contributed by atoms with Gasteiger partial charge in [-0.1, -0.05) is 19.1 Å². The molecule has 0 heterocycles. The van der Waals surface area contributed by atoms with Gasteiger partial charge in [0, 0.05) is 24.8 Å². The van der Waals surface area contributed by atoms with Crippen LogP contribution in [0.3, 0.4) is 0 Å². The number of nitrogens with one attached hydrogen (secondary N) is 1. The molecule has 112 valence electrons. The van der Waals surface area contributed by atoms with Gasteiger partial charge >= 0.3 is 0 Å². The maximum absolute atomic E-state index is 11.9. The largest absolute Gasteiger partial charge is 0.396 e. The second-order valence-electron chi connectivity index (χ2n) is 4.75. The van der Waals surface area contributed by atoms with Gasteiger partial charge in [0.15, 0.2) is 0 Å². The molecule has 0 spiro atoms. The molecule has 1 aromatic rings. The molecule has 7 nitrogen and oxygen atoms in total. The van der Waals surface area contributed by atoms with E-state index in [1.54, 1.807) is 13.8 Å². The van der Waals surface area contributed by atoms with E-state index < -0.39 is 14.9 Å². The standard InChI is InChI=1S/C12H18N2O5S/c1-9(7-15)10(2)13-20(18,19)8-11-3-5-12(6-4-11)14(16)17/h3-6,9-10,13,15H,7-8H2,1-2H3. The molecular weight excluding hydrogens is 284 g/mol. The average Bonchev–Trinajstić information content (AvgIpc) is 2.37. The van der Waals surface area contributed by atoms with E-state index in [2.05, 4.69) is 4.72 Å². The summed E-state index contributed by atoms with van der Waals surface area (Å²) in [4.78, 5) is 9.96. The highest BCUT2D eigenvalue weighted by Crippen LogP contribution is 2.14. The summed E-state index contributed by atoms with van der Waals surface area (Å²) in [6.45, 7) is 3.30. The van der Waals surface area contributed by atoms with Crippen molar-refractivity contribution in [2.45, 2.75) is 25.6 Å². The van der Waals surface area contributed by atoms with E-state index in [1.165, 1.54) is 24.3 Å². The van der Waals surface area contributed by atoms with Gasteiger partial charge < -0.3 is 5.11 Å². The number of hydrogen-bond acceptors (Lipinski definition) is 5. The Balaban J connectivity index is 2.73. The third kappa shape index (κ3) is 4.87. The highest BCUT2D eigenvalue weighted by Gasteiger charge is 2.19. The van der Waals surface area contributed by atoms with Crippen molar-refractivity contribution in [3.63, 3.8) is 0 Å². The van der Waals surface area contributed by atoms with Crippen LogP contribution in [0.15, 0.2) is 24.3 Å². The molecule has 0 saturated carbocycles. The Labute approximate surface area is 117 Å². The van der Waals surface area contributed by atoms with Crippen molar-refractivity contribution in [3.05, 3.63) is 39.9 Å². The van der Waals surface area contributed by atoms with Gasteiger partial charge in [0.1, 0.15) is 0 Å². The molecule has 0 aromatic heterocycles. The van der Waals surface area contributed by atoms with Gasteiger partial charge in [-0.3, -0.25) is 10.1 Å². The van der Waals surface area contributed by atoms with Crippen LogP contribution < -0.4 is 4.72 Å². The third-order valence-corrected chi connectivity index (χ3v) is 4.46. The number of nitro benzene ring substituents is 1. The van der Waals surface area contributed by atoms with Crippen molar-refractivity contribution in [1.29, 1.82) is 0 Å². The van der Waals surface area contributed by atoms with Gasteiger partial charge in [-0.25, -0.2) is 13.1 Å². The molecule has 2 unspecified atom stereocenters. The Morgan fingerprint density at radius 2 is 1.85 bits per heavy atom. The van der Waals surface area contributed by atoms with Crippen LogP contribution in [-0.4, -0.2) is 31.1 Å². The van der Waals surface area contributed by atoms with Crippen molar-refractivity contribution in [2.24, 2.45) is 5.92 Å². The third-order valence-electron chi connectivity index (χ3n) is 3.01. The van der Waals surface area contributed by atoms with Gasteiger partial charge in [-0.15, -0.1) is 0 Å². The van der Waals surface area contributed by atoms with E-state index in [0.717, 1.165) is 0 Å². The summed E-state index contributed by atoms with van der Waals surface area (Å²) in [6, 6.07) is 4.98. The Kier molecular flexibility index (Phi) is 5.61. The number of hydrogen-bond donors (Lipinski definition) is 2. The van der Waals surface area contributed by atoms with Crippen molar-refractivity contribution in [3.8, 4) is 0 Å². The fraction of sp³-hybridized carbons (Fsp3) is 0.500. The van der Waals surface area contributed by atoms with Crippen LogP contribution in [0.5, 0.6) is 0 Å².